The number of carbonyl (C=O) groups excluding carboxylic acids is 3. The minimum atomic E-state index is -0.482. The van der Waals surface area contributed by atoms with Gasteiger partial charge < -0.3 is 4.74 Å². The highest BCUT2D eigenvalue weighted by atomic mass is 35.5. The molecule has 2 amide bonds. The van der Waals surface area contributed by atoms with Gasteiger partial charge in [-0.3, -0.25) is 14.5 Å². The highest BCUT2D eigenvalue weighted by Gasteiger charge is 2.59. The molecule has 2 bridgehead atoms. The summed E-state index contributed by atoms with van der Waals surface area (Å²) < 4.78 is 5.09. The van der Waals surface area contributed by atoms with Gasteiger partial charge in [0.25, 0.3) is 0 Å². The van der Waals surface area contributed by atoms with E-state index in [1.54, 1.807) is 37.3 Å². The molecule has 6 heteroatoms. The quantitative estimate of drug-likeness (QED) is 0.463. The lowest BCUT2D eigenvalue weighted by Gasteiger charge is -2.17. The van der Waals surface area contributed by atoms with Gasteiger partial charge in [0.1, 0.15) is 6.61 Å². The molecule has 26 heavy (non-hydrogen) atoms. The molecule has 4 rings (SSSR count). The number of anilines is 1. The molecule has 1 aromatic rings. The molecule has 1 heterocycles. The zero-order valence-corrected chi connectivity index (χ0v) is 15.0. The molecule has 2 aliphatic carbocycles. The zero-order chi connectivity index (χ0) is 18.4. The van der Waals surface area contributed by atoms with Crippen molar-refractivity contribution in [2.24, 2.45) is 23.7 Å². The maximum Gasteiger partial charge on any atom is 0.338 e. The first-order valence-electron chi connectivity index (χ1n) is 8.63. The minimum Gasteiger partial charge on any atom is -0.458 e. The van der Waals surface area contributed by atoms with Gasteiger partial charge in [0.2, 0.25) is 11.8 Å². The Morgan fingerprint density at radius 1 is 1.15 bits per heavy atom. The first-order valence-corrected chi connectivity index (χ1v) is 9.01. The Kier molecular flexibility index (Phi) is 4.19. The van der Waals surface area contributed by atoms with Crippen LogP contribution in [0.4, 0.5) is 5.69 Å². The van der Waals surface area contributed by atoms with Gasteiger partial charge in [-0.1, -0.05) is 23.8 Å². The van der Waals surface area contributed by atoms with Crippen molar-refractivity contribution in [2.75, 3.05) is 11.5 Å². The number of hydrogen-bond donors (Lipinski definition) is 0. The van der Waals surface area contributed by atoms with E-state index in [0.717, 1.165) is 6.42 Å². The number of fused-ring (bicyclic) bond motifs is 5. The molecule has 0 unspecified atom stereocenters. The highest BCUT2D eigenvalue weighted by Crippen LogP contribution is 2.53. The van der Waals surface area contributed by atoms with E-state index < -0.39 is 5.97 Å². The monoisotopic (exact) mass is 371 g/mol. The normalized spacial score (nSPS) is 29.5. The largest absolute Gasteiger partial charge is 0.458 e. The molecule has 0 radical (unpaired) electrons. The fraction of sp³-hybridized carbons (Fsp3) is 0.350. The average Bonchev–Trinajstić information content (AvgIpc) is 3.29. The molecule has 1 aromatic carbocycles. The second-order valence-electron chi connectivity index (χ2n) is 6.95. The van der Waals surface area contributed by atoms with E-state index in [0.29, 0.717) is 16.3 Å². The molecule has 1 aliphatic heterocycles. The summed E-state index contributed by atoms with van der Waals surface area (Å²) in [6.07, 6.45) is 6.63. The predicted molar refractivity (Wildman–Crippen MR) is 96.5 cm³/mol. The van der Waals surface area contributed by atoms with Crippen LogP contribution in [0.2, 0.25) is 0 Å². The number of imide groups is 1. The Bertz CT molecular complexity index is 808. The van der Waals surface area contributed by atoms with E-state index in [1.807, 2.05) is 0 Å². The second-order valence-corrected chi connectivity index (χ2v) is 7.54. The van der Waals surface area contributed by atoms with Crippen LogP contribution in [-0.4, -0.2) is 24.4 Å². The number of benzene rings is 1. The van der Waals surface area contributed by atoms with Crippen LogP contribution >= 0.6 is 11.6 Å². The van der Waals surface area contributed by atoms with E-state index in [2.05, 4.69) is 12.2 Å². The van der Waals surface area contributed by atoms with Crippen molar-refractivity contribution in [3.8, 4) is 0 Å². The number of rotatable bonds is 4. The summed E-state index contributed by atoms with van der Waals surface area (Å²) in [5.74, 6) is -0.840. The Hall–Kier alpha value is -2.40. The maximum absolute atomic E-state index is 12.8. The van der Waals surface area contributed by atoms with Crippen LogP contribution in [0.5, 0.6) is 0 Å². The van der Waals surface area contributed by atoms with Crippen molar-refractivity contribution >= 4 is 35.1 Å². The average molecular weight is 372 g/mol. The van der Waals surface area contributed by atoms with Crippen molar-refractivity contribution in [1.82, 2.24) is 0 Å². The lowest BCUT2D eigenvalue weighted by atomic mass is 9.85. The van der Waals surface area contributed by atoms with Crippen LogP contribution < -0.4 is 4.90 Å². The summed E-state index contributed by atoms with van der Waals surface area (Å²) in [4.78, 5) is 38.8. The number of nitrogens with zero attached hydrogens (tertiary/aromatic N) is 1. The molecule has 0 spiro atoms. The third-order valence-electron chi connectivity index (χ3n) is 5.41. The van der Waals surface area contributed by atoms with E-state index in [9.17, 15) is 14.4 Å². The number of amides is 2. The molecule has 0 N–H and O–H groups in total. The molecular formula is C20H18ClNO4. The molecule has 0 aromatic heterocycles. The molecule has 1 saturated heterocycles. The van der Waals surface area contributed by atoms with Crippen LogP contribution in [0.1, 0.15) is 23.7 Å². The van der Waals surface area contributed by atoms with E-state index in [1.165, 1.54) is 4.90 Å². The molecule has 1 saturated carbocycles. The standard InChI is InChI=1S/C20H18ClNO4/c1-11(21)8-9-26-20(25)12-4-6-15(7-5-12)22-18(23)16-13-2-3-14(10-13)17(16)19(22)24/h2-8,13-14,16-17H,9-10H2,1H3/b11-8-/t13-,14+,16-,17+. The summed E-state index contributed by atoms with van der Waals surface area (Å²) in [6, 6.07) is 6.36. The van der Waals surface area contributed by atoms with Crippen LogP contribution in [0, 0.1) is 23.7 Å². The van der Waals surface area contributed by atoms with Gasteiger partial charge in [0.15, 0.2) is 0 Å². The topological polar surface area (TPSA) is 63.7 Å². The van der Waals surface area contributed by atoms with Crippen molar-refractivity contribution in [3.63, 3.8) is 0 Å². The molecular weight excluding hydrogens is 354 g/mol. The highest BCUT2D eigenvalue weighted by molar-refractivity contribution is 6.29. The Labute approximate surface area is 156 Å². The van der Waals surface area contributed by atoms with Crippen LogP contribution in [0.25, 0.3) is 0 Å². The van der Waals surface area contributed by atoms with Gasteiger partial charge in [0, 0.05) is 5.03 Å². The number of halogens is 1. The third kappa shape index (κ3) is 2.67. The van der Waals surface area contributed by atoms with Crippen molar-refractivity contribution in [3.05, 3.63) is 53.1 Å². The van der Waals surface area contributed by atoms with E-state index in [4.69, 9.17) is 16.3 Å². The second kappa shape index (κ2) is 6.40. The van der Waals surface area contributed by atoms with E-state index in [-0.39, 0.29) is 42.1 Å². The van der Waals surface area contributed by atoms with E-state index >= 15 is 0 Å². The summed E-state index contributed by atoms with van der Waals surface area (Å²) >= 11 is 5.69. The SMILES string of the molecule is C/C(Cl)=C/COC(=O)c1ccc(N2C(=O)[C@@H]3[C@H](C2=O)[C@@H]2C=C[C@H]3C2)cc1. The van der Waals surface area contributed by atoms with Crippen LogP contribution in [0.15, 0.2) is 47.5 Å². The van der Waals surface area contributed by atoms with Gasteiger partial charge in [-0.2, -0.15) is 0 Å². The molecule has 2 fully saturated rings. The number of ether oxygens (including phenoxy) is 1. The lowest BCUT2D eigenvalue weighted by molar-refractivity contribution is -0.123. The first kappa shape index (κ1) is 17.0. The summed E-state index contributed by atoms with van der Waals surface area (Å²) in [5, 5.41) is 0.549. The zero-order valence-electron chi connectivity index (χ0n) is 14.2. The number of allylic oxidation sites excluding steroid dienone is 3. The van der Waals surface area contributed by atoms with Crippen molar-refractivity contribution in [1.29, 1.82) is 0 Å². The summed E-state index contributed by atoms with van der Waals surface area (Å²) in [5.41, 5.74) is 0.859. The summed E-state index contributed by atoms with van der Waals surface area (Å²) in [7, 11) is 0. The number of esters is 1. The fourth-order valence-corrected chi connectivity index (χ4v) is 4.28. The first-order chi connectivity index (χ1) is 12.5. The summed E-state index contributed by atoms with van der Waals surface area (Å²) in [6.45, 7) is 1.80. The number of hydrogen-bond acceptors (Lipinski definition) is 4. The Balaban J connectivity index is 1.49. The lowest BCUT2D eigenvalue weighted by Crippen LogP contribution is -2.32. The number of carbonyl (C=O) groups is 3. The third-order valence-corrected chi connectivity index (χ3v) is 5.56. The Morgan fingerprint density at radius 2 is 1.73 bits per heavy atom. The van der Waals surface area contributed by atoms with Crippen molar-refractivity contribution in [2.45, 2.75) is 13.3 Å². The van der Waals surface area contributed by atoms with Crippen LogP contribution in [0.3, 0.4) is 0 Å². The fourth-order valence-electron chi connectivity index (χ4n) is 4.22. The minimum absolute atomic E-state index is 0.0954. The Morgan fingerprint density at radius 3 is 2.27 bits per heavy atom. The van der Waals surface area contributed by atoms with Gasteiger partial charge >= 0.3 is 5.97 Å². The molecule has 5 nitrogen and oxygen atoms in total. The van der Waals surface area contributed by atoms with Gasteiger partial charge in [-0.05, 0) is 55.5 Å². The van der Waals surface area contributed by atoms with Gasteiger partial charge in [-0.15, -0.1) is 0 Å². The van der Waals surface area contributed by atoms with Gasteiger partial charge in [-0.25, -0.2) is 4.79 Å². The predicted octanol–water partition coefficient (Wildman–Crippen LogP) is 3.30. The van der Waals surface area contributed by atoms with Crippen LogP contribution in [-0.2, 0) is 14.3 Å². The van der Waals surface area contributed by atoms with Gasteiger partial charge in [0.05, 0.1) is 23.1 Å². The smallest absolute Gasteiger partial charge is 0.338 e. The van der Waals surface area contributed by atoms with Crippen molar-refractivity contribution < 1.29 is 19.1 Å². The molecule has 3 aliphatic rings. The molecule has 134 valence electrons. The maximum atomic E-state index is 12.8. The molecule has 4 atom stereocenters.